The van der Waals surface area contributed by atoms with Gasteiger partial charge in [0, 0.05) is 13.6 Å². The molecule has 0 rings (SSSR count). The zero-order valence-corrected chi connectivity index (χ0v) is 9.13. The highest BCUT2D eigenvalue weighted by Gasteiger charge is 2.10. The third-order valence-electron chi connectivity index (χ3n) is 1.40. The molecule has 0 aromatic heterocycles. The summed E-state index contributed by atoms with van der Waals surface area (Å²) in [4.78, 5) is 27.5. The Morgan fingerprint density at radius 1 is 1.57 bits per heavy atom. The van der Waals surface area contributed by atoms with E-state index in [0.717, 1.165) is 11.8 Å². The molecule has 0 aromatic rings. The van der Waals surface area contributed by atoms with Gasteiger partial charge in [0.1, 0.15) is 0 Å². The molecule has 0 unspecified atom stereocenters. The molecule has 0 bridgehead atoms. The van der Waals surface area contributed by atoms with E-state index >= 15 is 0 Å². The van der Waals surface area contributed by atoms with E-state index in [9.17, 15) is 9.59 Å². The van der Waals surface area contributed by atoms with Crippen molar-refractivity contribution in [3.63, 3.8) is 0 Å². The number of hydrogen-bond acceptors (Lipinski definition) is 5. The van der Waals surface area contributed by atoms with Gasteiger partial charge in [0.15, 0.2) is 0 Å². The standard InChI is InChI=1S/C7H13N3O3S/c1-4-10(2)7(12)13-9-6(14-3)5(8)11/h4H2,1-3H3,(H2,8,11)/b9-6+. The Hall–Kier alpha value is -1.24. The summed E-state index contributed by atoms with van der Waals surface area (Å²) in [5.74, 6) is -0.718. The number of thioether (sulfide) groups is 1. The van der Waals surface area contributed by atoms with Crippen molar-refractivity contribution in [1.29, 1.82) is 0 Å². The number of hydrogen-bond donors (Lipinski definition) is 1. The van der Waals surface area contributed by atoms with E-state index in [1.165, 1.54) is 4.90 Å². The number of amides is 2. The van der Waals surface area contributed by atoms with Crippen molar-refractivity contribution in [3.8, 4) is 0 Å². The van der Waals surface area contributed by atoms with Crippen LogP contribution in [0, 0.1) is 0 Å². The molecule has 0 saturated heterocycles. The summed E-state index contributed by atoms with van der Waals surface area (Å²) in [6, 6.07) is 0. The first-order valence-corrected chi connectivity index (χ1v) is 5.09. The zero-order valence-electron chi connectivity index (χ0n) is 8.31. The van der Waals surface area contributed by atoms with Crippen molar-refractivity contribution < 1.29 is 14.4 Å². The maximum atomic E-state index is 11.1. The fourth-order valence-electron chi connectivity index (χ4n) is 0.462. The monoisotopic (exact) mass is 219 g/mol. The Labute approximate surface area is 86.4 Å². The molecule has 0 spiro atoms. The molecular weight excluding hydrogens is 206 g/mol. The average molecular weight is 219 g/mol. The van der Waals surface area contributed by atoms with E-state index in [1.54, 1.807) is 20.2 Å². The highest BCUT2D eigenvalue weighted by Crippen LogP contribution is 1.99. The maximum Gasteiger partial charge on any atom is 0.435 e. The predicted octanol–water partition coefficient (Wildman–Crippen LogP) is 0.237. The molecule has 6 nitrogen and oxygen atoms in total. The van der Waals surface area contributed by atoms with Crippen molar-refractivity contribution >= 4 is 28.8 Å². The van der Waals surface area contributed by atoms with Crippen molar-refractivity contribution in [2.45, 2.75) is 6.92 Å². The third kappa shape index (κ3) is 4.13. The first-order chi connectivity index (χ1) is 6.52. The van der Waals surface area contributed by atoms with Crippen LogP contribution in [0.5, 0.6) is 0 Å². The average Bonchev–Trinajstić information content (AvgIpc) is 2.16. The number of carbonyl (C=O) groups is 2. The number of nitrogens with zero attached hydrogens (tertiary/aromatic N) is 2. The fraction of sp³-hybridized carbons (Fsp3) is 0.571. The molecule has 14 heavy (non-hydrogen) atoms. The van der Waals surface area contributed by atoms with Gasteiger partial charge in [-0.2, -0.15) is 0 Å². The van der Waals surface area contributed by atoms with Gasteiger partial charge in [-0.3, -0.25) is 9.63 Å². The minimum Gasteiger partial charge on any atom is -0.364 e. The molecule has 7 heteroatoms. The first kappa shape index (κ1) is 12.8. The highest BCUT2D eigenvalue weighted by atomic mass is 32.2. The summed E-state index contributed by atoms with van der Waals surface area (Å²) < 4.78 is 0. The van der Waals surface area contributed by atoms with E-state index in [4.69, 9.17) is 5.73 Å². The van der Waals surface area contributed by atoms with E-state index < -0.39 is 12.0 Å². The lowest BCUT2D eigenvalue weighted by atomic mass is 10.7. The summed E-state index contributed by atoms with van der Waals surface area (Å²) in [5, 5.41) is 3.29. The quantitative estimate of drug-likeness (QED) is 0.312. The van der Waals surface area contributed by atoms with Gasteiger partial charge >= 0.3 is 6.09 Å². The van der Waals surface area contributed by atoms with Gasteiger partial charge in [-0.05, 0) is 13.2 Å². The van der Waals surface area contributed by atoms with Crippen LogP contribution in [-0.2, 0) is 9.63 Å². The van der Waals surface area contributed by atoms with Crippen molar-refractivity contribution in [3.05, 3.63) is 0 Å². The van der Waals surface area contributed by atoms with Gasteiger partial charge in [-0.1, -0.05) is 5.16 Å². The molecular formula is C7H13N3O3S. The van der Waals surface area contributed by atoms with E-state index in [0.29, 0.717) is 6.54 Å². The SMILES string of the molecule is CCN(C)C(=O)O/N=C(/SC)C(N)=O. The van der Waals surface area contributed by atoms with Crippen LogP contribution in [0.3, 0.4) is 0 Å². The van der Waals surface area contributed by atoms with Crippen LogP contribution < -0.4 is 5.73 Å². The predicted molar refractivity (Wildman–Crippen MR) is 54.9 cm³/mol. The minimum atomic E-state index is -0.718. The fourth-order valence-corrected chi connectivity index (χ4v) is 0.775. The molecule has 0 fully saturated rings. The lowest BCUT2D eigenvalue weighted by molar-refractivity contribution is -0.111. The van der Waals surface area contributed by atoms with Gasteiger partial charge in [0.2, 0.25) is 5.04 Å². The normalized spacial score (nSPS) is 10.9. The smallest absolute Gasteiger partial charge is 0.364 e. The van der Waals surface area contributed by atoms with Crippen LogP contribution in [0.1, 0.15) is 6.92 Å². The van der Waals surface area contributed by atoms with Gasteiger partial charge in [0.25, 0.3) is 5.91 Å². The summed E-state index contributed by atoms with van der Waals surface area (Å²) >= 11 is 1.02. The van der Waals surface area contributed by atoms with Crippen LogP contribution in [0.4, 0.5) is 4.79 Å². The summed E-state index contributed by atoms with van der Waals surface area (Å²) in [6.45, 7) is 2.29. The lowest BCUT2D eigenvalue weighted by Gasteiger charge is -2.10. The van der Waals surface area contributed by atoms with Gasteiger partial charge in [-0.15, -0.1) is 11.8 Å². The summed E-state index contributed by atoms with van der Waals surface area (Å²) in [6.07, 6.45) is 0.987. The zero-order chi connectivity index (χ0) is 11.1. The lowest BCUT2D eigenvalue weighted by Crippen LogP contribution is -2.27. The minimum absolute atomic E-state index is 0.0390. The Bertz CT molecular complexity index is 255. The molecule has 0 atom stereocenters. The van der Waals surface area contributed by atoms with Crippen molar-refractivity contribution in [1.82, 2.24) is 4.90 Å². The van der Waals surface area contributed by atoms with E-state index in [2.05, 4.69) is 9.99 Å². The highest BCUT2D eigenvalue weighted by molar-refractivity contribution is 8.15. The molecule has 2 amide bonds. The number of primary amides is 1. The Balaban J connectivity index is 4.26. The van der Waals surface area contributed by atoms with Crippen molar-refractivity contribution in [2.24, 2.45) is 10.9 Å². The Morgan fingerprint density at radius 2 is 2.14 bits per heavy atom. The number of nitrogens with two attached hydrogens (primary N) is 1. The van der Waals surface area contributed by atoms with Crippen LogP contribution >= 0.6 is 11.8 Å². The first-order valence-electron chi connectivity index (χ1n) is 3.86. The van der Waals surface area contributed by atoms with Crippen LogP contribution in [-0.4, -0.2) is 41.8 Å². The molecule has 0 heterocycles. The Kier molecular flexibility index (Phi) is 5.70. The van der Waals surface area contributed by atoms with Crippen LogP contribution in [0.2, 0.25) is 0 Å². The largest absolute Gasteiger partial charge is 0.435 e. The van der Waals surface area contributed by atoms with Gasteiger partial charge in [-0.25, -0.2) is 4.79 Å². The summed E-state index contributed by atoms with van der Waals surface area (Å²) in [7, 11) is 1.56. The molecule has 0 saturated carbocycles. The molecule has 80 valence electrons. The van der Waals surface area contributed by atoms with Gasteiger partial charge < -0.3 is 10.6 Å². The second kappa shape index (κ2) is 6.25. The van der Waals surface area contributed by atoms with Crippen LogP contribution in [0.25, 0.3) is 0 Å². The topological polar surface area (TPSA) is 85.0 Å². The molecule has 0 radical (unpaired) electrons. The van der Waals surface area contributed by atoms with E-state index in [1.807, 2.05) is 0 Å². The molecule has 0 aromatic carbocycles. The molecule has 0 aliphatic rings. The second-order valence-corrected chi connectivity index (χ2v) is 3.13. The molecule has 0 aliphatic heterocycles. The maximum absolute atomic E-state index is 11.1. The number of carbonyl (C=O) groups excluding carboxylic acids is 2. The van der Waals surface area contributed by atoms with E-state index in [-0.39, 0.29) is 5.04 Å². The van der Waals surface area contributed by atoms with Crippen LogP contribution in [0.15, 0.2) is 5.16 Å². The molecule has 2 N–H and O–H groups in total. The summed E-state index contributed by atoms with van der Waals surface area (Å²) in [5.41, 5.74) is 4.95. The molecule has 0 aliphatic carbocycles. The third-order valence-corrected chi connectivity index (χ3v) is 2.06. The second-order valence-electron chi connectivity index (χ2n) is 2.34. The number of oxime groups is 1. The van der Waals surface area contributed by atoms with Gasteiger partial charge in [0.05, 0.1) is 0 Å². The Morgan fingerprint density at radius 3 is 2.50 bits per heavy atom. The van der Waals surface area contributed by atoms with Crippen molar-refractivity contribution in [2.75, 3.05) is 19.8 Å². The number of rotatable bonds is 2.